The van der Waals surface area contributed by atoms with Crippen LogP contribution in [0.3, 0.4) is 0 Å². The molecule has 0 bridgehead atoms. The third-order valence-corrected chi connectivity index (χ3v) is 5.24. The van der Waals surface area contributed by atoms with Crippen LogP contribution < -0.4 is 10.2 Å². The van der Waals surface area contributed by atoms with Crippen LogP contribution in [0.1, 0.15) is 11.1 Å². The van der Waals surface area contributed by atoms with E-state index >= 15 is 0 Å². The number of halogens is 2. The highest BCUT2D eigenvalue weighted by atomic mass is 35.5. The van der Waals surface area contributed by atoms with Crippen molar-refractivity contribution in [1.29, 1.82) is 0 Å². The summed E-state index contributed by atoms with van der Waals surface area (Å²) >= 11 is 11.9. The lowest BCUT2D eigenvalue weighted by Gasteiger charge is -2.30. The van der Waals surface area contributed by atoms with Crippen molar-refractivity contribution in [2.45, 2.75) is 19.1 Å². The van der Waals surface area contributed by atoms with Crippen molar-refractivity contribution >= 4 is 29.1 Å². The zero-order valence-corrected chi connectivity index (χ0v) is 16.0. The summed E-state index contributed by atoms with van der Waals surface area (Å²) in [7, 11) is 0. The molecule has 2 atom stereocenters. The van der Waals surface area contributed by atoms with E-state index in [1.165, 1.54) is 10.5 Å². The number of hydrogen-bond donors (Lipinski definition) is 2. The average molecular weight is 394 g/mol. The molecule has 0 saturated carbocycles. The van der Waals surface area contributed by atoms with Gasteiger partial charge in [0.2, 0.25) is 5.91 Å². The molecule has 2 aromatic carbocycles. The predicted molar refractivity (Wildman–Crippen MR) is 104 cm³/mol. The van der Waals surface area contributed by atoms with Crippen molar-refractivity contribution in [3.8, 4) is 0 Å². The molecular formula is C20H23Cl2N2O2+. The largest absolute Gasteiger partial charge is 0.365 e. The first-order valence-electron chi connectivity index (χ1n) is 8.80. The van der Waals surface area contributed by atoms with Gasteiger partial charge in [0.05, 0.1) is 23.1 Å². The molecule has 3 rings (SSSR count). The molecule has 2 aromatic rings. The fourth-order valence-corrected chi connectivity index (χ4v) is 3.47. The monoisotopic (exact) mass is 393 g/mol. The van der Waals surface area contributed by atoms with E-state index in [2.05, 4.69) is 29.6 Å². The molecule has 0 radical (unpaired) electrons. The third kappa shape index (κ3) is 5.71. The van der Waals surface area contributed by atoms with Crippen LogP contribution >= 0.6 is 23.2 Å². The summed E-state index contributed by atoms with van der Waals surface area (Å²) in [5, 5.41) is 3.92. The van der Waals surface area contributed by atoms with Crippen molar-refractivity contribution in [1.82, 2.24) is 5.32 Å². The van der Waals surface area contributed by atoms with Crippen LogP contribution in [0.5, 0.6) is 0 Å². The second-order valence-electron chi connectivity index (χ2n) is 6.59. The van der Waals surface area contributed by atoms with Crippen LogP contribution in [0.15, 0.2) is 48.5 Å². The van der Waals surface area contributed by atoms with E-state index < -0.39 is 0 Å². The lowest BCUT2D eigenvalue weighted by molar-refractivity contribution is -0.925. The maximum atomic E-state index is 12.2. The van der Waals surface area contributed by atoms with Crippen molar-refractivity contribution in [3.05, 3.63) is 69.7 Å². The van der Waals surface area contributed by atoms with E-state index in [0.29, 0.717) is 16.6 Å². The molecule has 1 heterocycles. The van der Waals surface area contributed by atoms with Gasteiger partial charge in [0.25, 0.3) is 0 Å². The Morgan fingerprint density at radius 2 is 1.92 bits per heavy atom. The minimum absolute atomic E-state index is 0.0397. The first kappa shape index (κ1) is 19.2. The molecule has 1 unspecified atom stereocenters. The Balaban J connectivity index is 1.44. The molecule has 26 heavy (non-hydrogen) atoms. The van der Waals surface area contributed by atoms with E-state index in [0.717, 1.165) is 31.8 Å². The van der Waals surface area contributed by atoms with Crippen molar-refractivity contribution in [3.63, 3.8) is 0 Å². The van der Waals surface area contributed by atoms with Crippen LogP contribution in [0.4, 0.5) is 0 Å². The summed E-state index contributed by atoms with van der Waals surface area (Å²) in [5.41, 5.74) is 2.17. The number of carbonyl (C=O) groups excluding carboxylic acids is 1. The number of nitrogens with one attached hydrogen (secondary N) is 2. The molecule has 1 aliphatic rings. The number of carbonyl (C=O) groups is 1. The summed E-state index contributed by atoms with van der Waals surface area (Å²) < 4.78 is 5.81. The molecule has 0 aromatic heterocycles. The smallest absolute Gasteiger partial charge is 0.224 e. The molecule has 1 aliphatic heterocycles. The van der Waals surface area contributed by atoms with Gasteiger partial charge in [0.1, 0.15) is 25.7 Å². The van der Waals surface area contributed by atoms with Crippen LogP contribution in [0.2, 0.25) is 10.0 Å². The predicted octanol–water partition coefficient (Wildman–Crippen LogP) is 2.14. The second kappa shape index (κ2) is 9.38. The number of benzene rings is 2. The molecule has 1 saturated heterocycles. The van der Waals surface area contributed by atoms with Gasteiger partial charge in [0.15, 0.2) is 0 Å². The molecule has 4 nitrogen and oxygen atoms in total. The number of amides is 1. The lowest BCUT2D eigenvalue weighted by atomic mass is 10.1. The first-order chi connectivity index (χ1) is 12.6. The Morgan fingerprint density at radius 3 is 2.69 bits per heavy atom. The maximum absolute atomic E-state index is 12.2. The van der Waals surface area contributed by atoms with E-state index in [-0.39, 0.29) is 18.4 Å². The van der Waals surface area contributed by atoms with Crippen molar-refractivity contribution < 1.29 is 14.4 Å². The number of quaternary nitrogens is 1. The Bertz CT molecular complexity index is 740. The molecule has 0 spiro atoms. The fourth-order valence-electron chi connectivity index (χ4n) is 3.15. The fraction of sp³-hybridized carbons (Fsp3) is 0.350. The summed E-state index contributed by atoms with van der Waals surface area (Å²) in [6, 6.07) is 15.7. The van der Waals surface area contributed by atoms with Gasteiger partial charge in [-0.1, -0.05) is 59.6 Å². The Labute approximate surface area is 164 Å². The Morgan fingerprint density at radius 1 is 1.12 bits per heavy atom. The molecule has 1 fully saturated rings. The van der Waals surface area contributed by atoms with E-state index in [4.69, 9.17) is 27.9 Å². The average Bonchev–Trinajstić information content (AvgIpc) is 2.64. The summed E-state index contributed by atoms with van der Waals surface area (Å²) in [4.78, 5) is 13.7. The van der Waals surface area contributed by atoms with E-state index in [9.17, 15) is 4.79 Å². The van der Waals surface area contributed by atoms with Crippen LogP contribution in [-0.2, 0) is 22.5 Å². The van der Waals surface area contributed by atoms with Crippen molar-refractivity contribution in [2.24, 2.45) is 0 Å². The lowest BCUT2D eigenvalue weighted by Crippen LogP contribution is -3.13. The second-order valence-corrected chi connectivity index (χ2v) is 7.40. The highest BCUT2D eigenvalue weighted by Crippen LogP contribution is 2.22. The van der Waals surface area contributed by atoms with Gasteiger partial charge >= 0.3 is 0 Å². The number of hydrogen-bond acceptors (Lipinski definition) is 2. The van der Waals surface area contributed by atoms with Crippen LogP contribution in [0.25, 0.3) is 0 Å². The van der Waals surface area contributed by atoms with Gasteiger partial charge in [-0.15, -0.1) is 0 Å². The summed E-state index contributed by atoms with van der Waals surface area (Å²) in [6.45, 7) is 4.11. The van der Waals surface area contributed by atoms with Gasteiger partial charge in [0, 0.05) is 12.1 Å². The van der Waals surface area contributed by atoms with Crippen LogP contribution in [0, 0.1) is 0 Å². The molecule has 138 valence electrons. The number of ether oxygens (including phenoxy) is 1. The standard InChI is InChI=1S/C20H22Cl2N2O2/c21-18-7-6-16(10-19(18)22)11-20(25)23-12-17-14-24(8-9-26-17)13-15-4-2-1-3-5-15/h1-7,10,17H,8-9,11-14H2,(H,23,25)/p+1/t17-/m1/s1. The van der Waals surface area contributed by atoms with E-state index in [1.807, 2.05) is 12.1 Å². The zero-order valence-electron chi connectivity index (χ0n) is 14.5. The maximum Gasteiger partial charge on any atom is 0.224 e. The number of rotatable bonds is 6. The van der Waals surface area contributed by atoms with Gasteiger partial charge < -0.3 is 15.0 Å². The molecule has 2 N–H and O–H groups in total. The molecule has 1 amide bonds. The summed E-state index contributed by atoms with van der Waals surface area (Å²) in [5.74, 6) is -0.0397. The van der Waals surface area contributed by atoms with Gasteiger partial charge in [-0.05, 0) is 17.7 Å². The van der Waals surface area contributed by atoms with E-state index in [1.54, 1.807) is 12.1 Å². The normalized spacial score (nSPS) is 19.9. The van der Waals surface area contributed by atoms with Gasteiger partial charge in [-0.25, -0.2) is 0 Å². The number of morpholine rings is 1. The minimum atomic E-state index is -0.0397. The van der Waals surface area contributed by atoms with Gasteiger partial charge in [-0.2, -0.15) is 0 Å². The minimum Gasteiger partial charge on any atom is -0.365 e. The van der Waals surface area contributed by atoms with Gasteiger partial charge in [-0.3, -0.25) is 4.79 Å². The SMILES string of the molecule is O=C(Cc1ccc(Cl)c(Cl)c1)NC[C@@H]1C[NH+](Cc2ccccc2)CCO1. The first-order valence-corrected chi connectivity index (χ1v) is 9.55. The quantitative estimate of drug-likeness (QED) is 0.789. The van der Waals surface area contributed by atoms with Crippen molar-refractivity contribution in [2.75, 3.05) is 26.2 Å². The third-order valence-electron chi connectivity index (χ3n) is 4.50. The highest BCUT2D eigenvalue weighted by Gasteiger charge is 2.24. The Kier molecular flexibility index (Phi) is 6.92. The van der Waals surface area contributed by atoms with Crippen LogP contribution in [-0.4, -0.2) is 38.3 Å². The molecular weight excluding hydrogens is 371 g/mol. The zero-order chi connectivity index (χ0) is 18.4. The highest BCUT2D eigenvalue weighted by molar-refractivity contribution is 6.42. The summed E-state index contributed by atoms with van der Waals surface area (Å²) in [6.07, 6.45) is 0.324. The molecule has 0 aliphatic carbocycles. The topological polar surface area (TPSA) is 42.8 Å². The Hall–Kier alpha value is -1.59. The molecule has 6 heteroatoms.